The lowest BCUT2D eigenvalue weighted by molar-refractivity contribution is -0.121. The van der Waals surface area contributed by atoms with Crippen molar-refractivity contribution >= 4 is 17.7 Å². The Labute approximate surface area is 149 Å². The van der Waals surface area contributed by atoms with Crippen LogP contribution in [0.1, 0.15) is 73.1 Å². The highest BCUT2D eigenvalue weighted by Crippen LogP contribution is 2.22. The fourth-order valence-electron chi connectivity index (χ4n) is 3.13. The molecule has 1 aliphatic heterocycles. The van der Waals surface area contributed by atoms with E-state index >= 15 is 0 Å². The van der Waals surface area contributed by atoms with Crippen LogP contribution in [0.4, 0.5) is 0 Å². The van der Waals surface area contributed by atoms with Crippen molar-refractivity contribution in [1.82, 2.24) is 10.2 Å². The zero-order valence-electron chi connectivity index (χ0n) is 15.2. The Morgan fingerprint density at radius 3 is 2.28 bits per heavy atom. The van der Waals surface area contributed by atoms with Crippen molar-refractivity contribution in [2.75, 3.05) is 13.1 Å². The minimum absolute atomic E-state index is 0.00782. The second kappa shape index (κ2) is 9.35. The van der Waals surface area contributed by atoms with Crippen LogP contribution in [0.25, 0.3) is 0 Å². The average molecular weight is 344 g/mol. The Bertz CT molecular complexity index is 592. The quantitative estimate of drug-likeness (QED) is 0.662. The van der Waals surface area contributed by atoms with Crippen molar-refractivity contribution in [2.45, 2.75) is 52.4 Å². The molecular formula is C20H28N2O3. The number of carbonyl (C=O) groups is 3. The summed E-state index contributed by atoms with van der Waals surface area (Å²) in [5.41, 5.74) is 0.914. The molecule has 0 fully saturated rings. The van der Waals surface area contributed by atoms with Crippen LogP contribution in [0.15, 0.2) is 24.3 Å². The van der Waals surface area contributed by atoms with Crippen LogP contribution in [-0.4, -0.2) is 35.7 Å². The molecule has 1 atom stereocenters. The van der Waals surface area contributed by atoms with Crippen molar-refractivity contribution in [3.8, 4) is 0 Å². The highest BCUT2D eigenvalue weighted by Gasteiger charge is 2.34. The smallest absolute Gasteiger partial charge is 0.261 e. The van der Waals surface area contributed by atoms with Gasteiger partial charge in [-0.3, -0.25) is 19.3 Å². The number of nitrogens with one attached hydrogen (secondary N) is 1. The zero-order valence-corrected chi connectivity index (χ0v) is 15.2. The second-order valence-electron chi connectivity index (χ2n) is 6.63. The van der Waals surface area contributed by atoms with Crippen LogP contribution >= 0.6 is 0 Å². The zero-order chi connectivity index (χ0) is 18.2. The molecule has 0 radical (unpaired) electrons. The summed E-state index contributed by atoms with van der Waals surface area (Å²) in [5.74, 6) is 0.00457. The van der Waals surface area contributed by atoms with Crippen LogP contribution in [0.5, 0.6) is 0 Å². The highest BCUT2D eigenvalue weighted by atomic mass is 16.2. The predicted octanol–water partition coefficient (Wildman–Crippen LogP) is 3.40. The first-order valence-electron chi connectivity index (χ1n) is 9.30. The molecule has 1 aliphatic rings. The Balaban J connectivity index is 1.73. The summed E-state index contributed by atoms with van der Waals surface area (Å²) >= 11 is 0. The summed E-state index contributed by atoms with van der Waals surface area (Å²) in [6.07, 6.45) is 5.39. The minimum atomic E-state index is -0.258. The van der Waals surface area contributed by atoms with Gasteiger partial charge in [0.25, 0.3) is 11.8 Å². The minimum Gasteiger partial charge on any atom is -0.356 e. The van der Waals surface area contributed by atoms with Crippen molar-refractivity contribution in [1.29, 1.82) is 0 Å². The molecule has 0 aliphatic carbocycles. The van der Waals surface area contributed by atoms with E-state index in [0.717, 1.165) is 12.8 Å². The lowest BCUT2D eigenvalue weighted by Crippen LogP contribution is -2.33. The van der Waals surface area contributed by atoms with Gasteiger partial charge in [0.1, 0.15) is 0 Å². The number of fused-ring (bicyclic) bond motifs is 1. The van der Waals surface area contributed by atoms with E-state index in [4.69, 9.17) is 0 Å². The van der Waals surface area contributed by atoms with Crippen molar-refractivity contribution in [3.05, 3.63) is 35.4 Å². The molecule has 1 aromatic carbocycles. The van der Waals surface area contributed by atoms with Crippen molar-refractivity contribution in [2.24, 2.45) is 5.92 Å². The van der Waals surface area contributed by atoms with Gasteiger partial charge in [-0.15, -0.1) is 0 Å². The lowest BCUT2D eigenvalue weighted by atomic mass is 9.99. The lowest BCUT2D eigenvalue weighted by Gasteiger charge is -2.16. The average Bonchev–Trinajstić information content (AvgIpc) is 2.87. The number of amides is 3. The van der Waals surface area contributed by atoms with E-state index in [1.807, 2.05) is 0 Å². The summed E-state index contributed by atoms with van der Waals surface area (Å²) in [6, 6.07) is 6.85. The molecule has 0 saturated carbocycles. The van der Waals surface area contributed by atoms with Gasteiger partial charge in [0.15, 0.2) is 0 Å². The summed E-state index contributed by atoms with van der Waals surface area (Å²) < 4.78 is 0. The largest absolute Gasteiger partial charge is 0.356 e. The Morgan fingerprint density at radius 2 is 1.72 bits per heavy atom. The predicted molar refractivity (Wildman–Crippen MR) is 97.4 cm³/mol. The fourth-order valence-corrected chi connectivity index (χ4v) is 3.13. The summed E-state index contributed by atoms with van der Waals surface area (Å²) in [7, 11) is 0. The van der Waals surface area contributed by atoms with Crippen LogP contribution in [0, 0.1) is 5.92 Å². The van der Waals surface area contributed by atoms with Gasteiger partial charge in [0, 0.05) is 19.5 Å². The van der Waals surface area contributed by atoms with Gasteiger partial charge in [-0.05, 0) is 30.9 Å². The van der Waals surface area contributed by atoms with Gasteiger partial charge < -0.3 is 5.32 Å². The Kier molecular flexibility index (Phi) is 7.16. The van der Waals surface area contributed by atoms with Gasteiger partial charge in [0.2, 0.25) is 5.91 Å². The Hall–Kier alpha value is -2.17. The maximum absolute atomic E-state index is 12.2. The van der Waals surface area contributed by atoms with Gasteiger partial charge in [-0.2, -0.15) is 0 Å². The molecule has 1 heterocycles. The monoisotopic (exact) mass is 344 g/mol. The summed E-state index contributed by atoms with van der Waals surface area (Å²) in [6.45, 7) is 5.31. The highest BCUT2D eigenvalue weighted by molar-refractivity contribution is 6.21. The summed E-state index contributed by atoms with van der Waals surface area (Å²) in [5, 5.41) is 2.98. The topological polar surface area (TPSA) is 66.5 Å². The molecule has 5 nitrogen and oxygen atoms in total. The third-order valence-corrected chi connectivity index (χ3v) is 4.79. The van der Waals surface area contributed by atoms with E-state index in [9.17, 15) is 14.4 Å². The van der Waals surface area contributed by atoms with Gasteiger partial charge in [0.05, 0.1) is 11.1 Å². The number of nitrogens with zero attached hydrogens (tertiary/aromatic N) is 1. The van der Waals surface area contributed by atoms with E-state index < -0.39 is 0 Å². The number of rotatable bonds is 10. The van der Waals surface area contributed by atoms with Crippen molar-refractivity contribution < 1.29 is 14.4 Å². The molecule has 2 rings (SSSR count). The first-order chi connectivity index (χ1) is 12.1. The van der Waals surface area contributed by atoms with Gasteiger partial charge in [-0.25, -0.2) is 0 Å². The SMILES string of the molecule is CCCCC(CC)CNC(=O)CCCN1C(=O)c2ccccc2C1=O. The molecule has 25 heavy (non-hydrogen) atoms. The van der Waals surface area contributed by atoms with Crippen LogP contribution in [0.2, 0.25) is 0 Å². The normalized spacial score (nSPS) is 14.6. The molecule has 136 valence electrons. The molecular weight excluding hydrogens is 316 g/mol. The van der Waals surface area contributed by atoms with Crippen LogP contribution in [0.3, 0.4) is 0 Å². The number of unbranched alkanes of at least 4 members (excludes halogenated alkanes) is 1. The Morgan fingerprint density at radius 1 is 1.08 bits per heavy atom. The number of carbonyl (C=O) groups excluding carboxylic acids is 3. The molecule has 1 unspecified atom stereocenters. The second-order valence-corrected chi connectivity index (χ2v) is 6.63. The molecule has 3 amide bonds. The first-order valence-corrected chi connectivity index (χ1v) is 9.30. The number of hydrogen-bond donors (Lipinski definition) is 1. The molecule has 1 N–H and O–H groups in total. The molecule has 0 saturated heterocycles. The van der Waals surface area contributed by atoms with Gasteiger partial charge in [-0.1, -0.05) is 45.2 Å². The molecule has 5 heteroatoms. The van der Waals surface area contributed by atoms with E-state index in [2.05, 4.69) is 19.2 Å². The van der Waals surface area contributed by atoms with Crippen LogP contribution in [-0.2, 0) is 4.79 Å². The standard InChI is InChI=1S/C20H28N2O3/c1-3-5-9-15(4-2)14-21-18(23)12-8-13-22-19(24)16-10-6-7-11-17(16)20(22)25/h6-7,10-11,15H,3-5,8-9,12-14H2,1-2H3,(H,21,23). The maximum atomic E-state index is 12.2. The maximum Gasteiger partial charge on any atom is 0.261 e. The third-order valence-electron chi connectivity index (χ3n) is 4.79. The van der Waals surface area contributed by atoms with E-state index in [0.29, 0.717) is 36.4 Å². The van der Waals surface area contributed by atoms with Crippen LogP contribution < -0.4 is 5.32 Å². The number of imide groups is 1. The number of benzene rings is 1. The van der Waals surface area contributed by atoms with E-state index in [1.54, 1.807) is 24.3 Å². The fraction of sp³-hybridized carbons (Fsp3) is 0.550. The van der Waals surface area contributed by atoms with E-state index in [-0.39, 0.29) is 24.3 Å². The molecule has 1 aromatic rings. The summed E-state index contributed by atoms with van der Waals surface area (Å²) in [4.78, 5) is 37.7. The first kappa shape index (κ1) is 19.2. The van der Waals surface area contributed by atoms with E-state index in [1.165, 1.54) is 17.7 Å². The van der Waals surface area contributed by atoms with Crippen molar-refractivity contribution in [3.63, 3.8) is 0 Å². The number of hydrogen-bond acceptors (Lipinski definition) is 3. The third kappa shape index (κ3) is 4.91. The van der Waals surface area contributed by atoms with Gasteiger partial charge >= 0.3 is 0 Å². The molecule has 0 bridgehead atoms. The molecule has 0 spiro atoms. The molecule has 0 aromatic heterocycles.